The van der Waals surface area contributed by atoms with Gasteiger partial charge in [-0.25, -0.2) is 12.8 Å². The van der Waals surface area contributed by atoms with Gasteiger partial charge in [0.05, 0.1) is 6.20 Å². The second-order valence-corrected chi connectivity index (χ2v) is 8.54. The molecule has 2 heterocycles. The summed E-state index contributed by atoms with van der Waals surface area (Å²) in [4.78, 5) is 11.9. The van der Waals surface area contributed by atoms with Crippen molar-refractivity contribution in [1.82, 2.24) is 19.4 Å². The van der Waals surface area contributed by atoms with Crippen molar-refractivity contribution in [2.75, 3.05) is 19.6 Å². The van der Waals surface area contributed by atoms with Gasteiger partial charge in [0.15, 0.2) is 0 Å². The molecule has 0 unspecified atom stereocenters. The van der Waals surface area contributed by atoms with E-state index in [1.807, 2.05) is 13.2 Å². The first-order chi connectivity index (χ1) is 12.9. The third-order valence-corrected chi connectivity index (χ3v) is 6.48. The number of halogens is 1. The first-order valence-corrected chi connectivity index (χ1v) is 10.4. The molecule has 1 fully saturated rings. The van der Waals surface area contributed by atoms with Gasteiger partial charge in [-0.2, -0.15) is 9.40 Å². The van der Waals surface area contributed by atoms with Gasteiger partial charge in [0.2, 0.25) is 10.0 Å². The highest BCUT2D eigenvalue weighted by Crippen LogP contribution is 2.24. The molecule has 1 aliphatic heterocycles. The molecule has 0 atom stereocenters. The molecule has 9 heteroatoms. The van der Waals surface area contributed by atoms with Crippen molar-refractivity contribution >= 4 is 15.9 Å². The Bertz CT molecular complexity index is 920. The van der Waals surface area contributed by atoms with E-state index in [1.54, 1.807) is 10.9 Å². The Morgan fingerprint density at radius 1 is 1.30 bits per heavy atom. The predicted octanol–water partition coefficient (Wildman–Crippen LogP) is 1.71. The zero-order valence-electron chi connectivity index (χ0n) is 15.2. The van der Waals surface area contributed by atoms with Gasteiger partial charge < -0.3 is 5.32 Å². The van der Waals surface area contributed by atoms with Gasteiger partial charge in [0, 0.05) is 38.4 Å². The third kappa shape index (κ3) is 4.54. The normalized spacial score (nSPS) is 15.2. The minimum atomic E-state index is -3.92. The van der Waals surface area contributed by atoms with E-state index in [2.05, 4.69) is 10.4 Å². The van der Waals surface area contributed by atoms with Crippen LogP contribution in [0.2, 0.25) is 0 Å². The van der Waals surface area contributed by atoms with Crippen LogP contribution >= 0.6 is 0 Å². The average molecular weight is 394 g/mol. The molecular formula is C18H23FN4O3S. The molecule has 1 N–H and O–H groups in total. The van der Waals surface area contributed by atoms with Crippen LogP contribution in [0.4, 0.5) is 4.39 Å². The fourth-order valence-electron chi connectivity index (χ4n) is 3.11. The standard InChI is InChI=1S/C18H23FN4O3S/c1-22-13-14(12-21-22)5-4-8-20-18(24)15-6-7-16(19)17(11-15)27(25,26)23-9-2-3-10-23/h6-7,11-13H,2-5,8-10H2,1H3,(H,20,24). The van der Waals surface area contributed by atoms with Gasteiger partial charge in [-0.05, 0) is 49.4 Å². The van der Waals surface area contributed by atoms with Crippen molar-refractivity contribution in [2.24, 2.45) is 7.05 Å². The number of carbonyl (C=O) groups is 1. The second kappa shape index (κ2) is 8.18. The molecule has 146 valence electrons. The molecular weight excluding hydrogens is 371 g/mol. The number of nitrogens with zero attached hydrogens (tertiary/aromatic N) is 3. The molecule has 3 rings (SSSR count). The fourth-order valence-corrected chi connectivity index (χ4v) is 4.71. The maximum Gasteiger partial charge on any atom is 0.251 e. The highest BCUT2D eigenvalue weighted by atomic mass is 32.2. The molecule has 27 heavy (non-hydrogen) atoms. The Balaban J connectivity index is 1.63. The van der Waals surface area contributed by atoms with Crippen LogP contribution in [0.15, 0.2) is 35.5 Å². The second-order valence-electron chi connectivity index (χ2n) is 6.64. The van der Waals surface area contributed by atoms with Crippen molar-refractivity contribution in [3.8, 4) is 0 Å². The molecule has 0 radical (unpaired) electrons. The number of amides is 1. The van der Waals surface area contributed by atoms with Gasteiger partial charge in [0.25, 0.3) is 5.91 Å². The maximum atomic E-state index is 14.1. The van der Waals surface area contributed by atoms with E-state index in [9.17, 15) is 17.6 Å². The Labute approximate surface area is 158 Å². The van der Waals surface area contributed by atoms with Crippen LogP contribution in [-0.2, 0) is 23.5 Å². The van der Waals surface area contributed by atoms with E-state index in [1.165, 1.54) is 10.4 Å². The quantitative estimate of drug-likeness (QED) is 0.725. The molecule has 2 aromatic rings. The lowest BCUT2D eigenvalue weighted by Crippen LogP contribution is -2.29. The molecule has 0 spiro atoms. The summed E-state index contributed by atoms with van der Waals surface area (Å²) in [5.41, 5.74) is 1.21. The zero-order chi connectivity index (χ0) is 19.4. The number of rotatable bonds is 7. The Hall–Kier alpha value is -2.26. The molecule has 0 bridgehead atoms. The summed E-state index contributed by atoms with van der Waals surface area (Å²) in [6, 6.07) is 3.46. The number of aromatic nitrogens is 2. The number of sulfonamides is 1. The van der Waals surface area contributed by atoms with Crippen LogP contribution in [-0.4, -0.2) is 48.0 Å². The van der Waals surface area contributed by atoms with Crippen LogP contribution in [0.1, 0.15) is 35.2 Å². The molecule has 1 saturated heterocycles. The van der Waals surface area contributed by atoms with Crippen LogP contribution in [0, 0.1) is 5.82 Å². The summed E-state index contributed by atoms with van der Waals surface area (Å²) in [5.74, 6) is -1.26. The lowest BCUT2D eigenvalue weighted by atomic mass is 10.2. The highest BCUT2D eigenvalue weighted by molar-refractivity contribution is 7.89. The summed E-state index contributed by atoms with van der Waals surface area (Å²) in [6.45, 7) is 1.19. The highest BCUT2D eigenvalue weighted by Gasteiger charge is 2.30. The minimum absolute atomic E-state index is 0.135. The number of nitrogens with one attached hydrogen (secondary N) is 1. The number of benzene rings is 1. The van der Waals surface area contributed by atoms with Gasteiger partial charge in [-0.15, -0.1) is 0 Å². The SMILES string of the molecule is Cn1cc(CCCNC(=O)c2ccc(F)c(S(=O)(=O)N3CCCC3)c2)cn1. The minimum Gasteiger partial charge on any atom is -0.352 e. The van der Waals surface area contributed by atoms with Gasteiger partial charge in [-0.3, -0.25) is 9.48 Å². The number of hydrogen-bond acceptors (Lipinski definition) is 4. The lowest BCUT2D eigenvalue weighted by Gasteiger charge is -2.16. The molecule has 1 aliphatic rings. The molecule has 7 nitrogen and oxygen atoms in total. The van der Waals surface area contributed by atoms with Gasteiger partial charge in [0.1, 0.15) is 10.7 Å². The van der Waals surface area contributed by atoms with Gasteiger partial charge >= 0.3 is 0 Å². The zero-order valence-corrected chi connectivity index (χ0v) is 16.0. The van der Waals surface area contributed by atoms with Crippen LogP contribution in [0.3, 0.4) is 0 Å². The first-order valence-electron chi connectivity index (χ1n) is 8.93. The van der Waals surface area contributed by atoms with E-state index in [0.717, 1.165) is 43.4 Å². The van der Waals surface area contributed by atoms with Crippen molar-refractivity contribution in [1.29, 1.82) is 0 Å². The van der Waals surface area contributed by atoms with E-state index >= 15 is 0 Å². The Morgan fingerprint density at radius 3 is 2.70 bits per heavy atom. The van der Waals surface area contributed by atoms with Crippen LogP contribution < -0.4 is 5.32 Å². The van der Waals surface area contributed by atoms with Crippen molar-refractivity contribution < 1.29 is 17.6 Å². The predicted molar refractivity (Wildman–Crippen MR) is 98.3 cm³/mol. The van der Waals surface area contributed by atoms with E-state index < -0.39 is 26.6 Å². The van der Waals surface area contributed by atoms with Crippen molar-refractivity contribution in [3.05, 3.63) is 47.5 Å². The largest absolute Gasteiger partial charge is 0.352 e. The Morgan fingerprint density at radius 2 is 2.04 bits per heavy atom. The van der Waals surface area contributed by atoms with Crippen LogP contribution in [0.25, 0.3) is 0 Å². The third-order valence-electron chi connectivity index (χ3n) is 4.56. The fraction of sp³-hybridized carbons (Fsp3) is 0.444. The first kappa shape index (κ1) is 19.5. The summed E-state index contributed by atoms with van der Waals surface area (Å²) in [7, 11) is -2.07. The van der Waals surface area contributed by atoms with Gasteiger partial charge in [-0.1, -0.05) is 0 Å². The topological polar surface area (TPSA) is 84.3 Å². The molecule has 1 amide bonds. The molecule has 1 aromatic carbocycles. The van der Waals surface area contributed by atoms with Crippen molar-refractivity contribution in [3.63, 3.8) is 0 Å². The van der Waals surface area contributed by atoms with E-state index in [-0.39, 0.29) is 5.56 Å². The number of carbonyl (C=O) groups excluding carboxylic acids is 1. The molecule has 1 aromatic heterocycles. The summed E-state index contributed by atoms with van der Waals surface area (Å²) >= 11 is 0. The number of hydrogen-bond donors (Lipinski definition) is 1. The van der Waals surface area contributed by atoms with Crippen LogP contribution in [0.5, 0.6) is 0 Å². The Kier molecular flexibility index (Phi) is 5.91. The van der Waals surface area contributed by atoms with E-state index in [0.29, 0.717) is 19.6 Å². The average Bonchev–Trinajstić information content (AvgIpc) is 3.31. The van der Waals surface area contributed by atoms with E-state index in [4.69, 9.17) is 0 Å². The monoisotopic (exact) mass is 394 g/mol. The summed E-state index contributed by atoms with van der Waals surface area (Å²) in [5, 5.41) is 6.83. The smallest absolute Gasteiger partial charge is 0.251 e. The maximum absolute atomic E-state index is 14.1. The summed E-state index contributed by atoms with van der Waals surface area (Å²) < 4.78 is 42.3. The summed E-state index contributed by atoms with van der Waals surface area (Å²) in [6.07, 6.45) is 6.70. The molecule has 0 saturated carbocycles. The van der Waals surface area contributed by atoms with Crippen molar-refractivity contribution in [2.45, 2.75) is 30.6 Å². The number of aryl methyl sites for hydroxylation is 2. The lowest BCUT2D eigenvalue weighted by molar-refractivity contribution is 0.0953. The molecule has 0 aliphatic carbocycles.